The van der Waals surface area contributed by atoms with Gasteiger partial charge in [-0.1, -0.05) is 28.1 Å². The molecule has 3 unspecified atom stereocenters. The lowest BCUT2D eigenvalue weighted by Crippen LogP contribution is -2.49. The van der Waals surface area contributed by atoms with Gasteiger partial charge in [-0.3, -0.25) is 4.90 Å². The van der Waals surface area contributed by atoms with E-state index in [-0.39, 0.29) is 6.04 Å². The molecule has 0 amide bonds. The number of hydrogen-bond acceptors (Lipinski definition) is 3. The minimum absolute atomic E-state index is 0.121. The molecule has 2 N–H and O–H groups in total. The summed E-state index contributed by atoms with van der Waals surface area (Å²) < 4.78 is 6.96. The summed E-state index contributed by atoms with van der Waals surface area (Å²) in [4.78, 5) is 2.60. The first-order chi connectivity index (χ1) is 9.74. The predicted molar refractivity (Wildman–Crippen MR) is 84.6 cm³/mol. The van der Waals surface area contributed by atoms with Crippen molar-refractivity contribution in [1.29, 1.82) is 0 Å². The van der Waals surface area contributed by atoms with E-state index in [0.29, 0.717) is 12.1 Å². The topological polar surface area (TPSA) is 38.5 Å². The van der Waals surface area contributed by atoms with Crippen LogP contribution in [0, 0.1) is 0 Å². The Labute approximate surface area is 129 Å². The van der Waals surface area contributed by atoms with Gasteiger partial charge in [0.15, 0.2) is 0 Å². The van der Waals surface area contributed by atoms with Gasteiger partial charge in [-0.05, 0) is 43.4 Å². The third-order valence-electron chi connectivity index (χ3n) is 4.60. The minimum atomic E-state index is 0.121. The highest BCUT2D eigenvalue weighted by atomic mass is 79.9. The maximum absolute atomic E-state index is 6.34. The number of morpholine rings is 1. The third kappa shape index (κ3) is 3.25. The molecule has 20 heavy (non-hydrogen) atoms. The normalized spacial score (nSPS) is 28.3. The fourth-order valence-electron chi connectivity index (χ4n) is 3.49. The zero-order valence-electron chi connectivity index (χ0n) is 11.8. The second-order valence-electron chi connectivity index (χ2n) is 5.89. The molecular weight excluding hydrogens is 316 g/mol. The second kappa shape index (κ2) is 6.56. The first kappa shape index (κ1) is 14.5. The molecule has 3 atom stereocenters. The Kier molecular flexibility index (Phi) is 4.76. The molecule has 1 aliphatic heterocycles. The molecular formula is C16H23BrN2O. The van der Waals surface area contributed by atoms with E-state index in [2.05, 4.69) is 39.0 Å². The smallest absolute Gasteiger partial charge is 0.0730 e. The lowest BCUT2D eigenvalue weighted by atomic mass is 10.0. The van der Waals surface area contributed by atoms with Crippen LogP contribution in [0.1, 0.15) is 37.3 Å². The van der Waals surface area contributed by atoms with Crippen LogP contribution in [0.4, 0.5) is 0 Å². The van der Waals surface area contributed by atoms with Gasteiger partial charge >= 0.3 is 0 Å². The summed E-state index contributed by atoms with van der Waals surface area (Å²) in [7, 11) is 0. The first-order valence-corrected chi connectivity index (χ1v) is 8.40. The van der Waals surface area contributed by atoms with E-state index in [0.717, 1.165) is 30.6 Å². The highest BCUT2D eigenvalue weighted by Gasteiger charge is 2.35. The molecule has 1 aliphatic carbocycles. The average Bonchev–Trinajstić information content (AvgIpc) is 2.93. The van der Waals surface area contributed by atoms with E-state index in [9.17, 15) is 0 Å². The molecule has 1 aromatic carbocycles. The van der Waals surface area contributed by atoms with Crippen LogP contribution in [0.15, 0.2) is 28.7 Å². The highest BCUT2D eigenvalue weighted by molar-refractivity contribution is 9.10. The summed E-state index contributed by atoms with van der Waals surface area (Å²) in [6, 6.07) is 9.10. The van der Waals surface area contributed by atoms with Crippen LogP contribution >= 0.6 is 15.9 Å². The lowest BCUT2D eigenvalue weighted by molar-refractivity contribution is -0.0561. The van der Waals surface area contributed by atoms with Crippen LogP contribution in [0.25, 0.3) is 0 Å². The Hall–Kier alpha value is -0.420. The molecule has 4 heteroatoms. The Balaban J connectivity index is 1.56. The predicted octanol–water partition coefficient (Wildman–Crippen LogP) is 3.09. The van der Waals surface area contributed by atoms with Gasteiger partial charge in [0.1, 0.15) is 0 Å². The van der Waals surface area contributed by atoms with Gasteiger partial charge in [-0.15, -0.1) is 0 Å². The molecule has 110 valence electrons. The maximum Gasteiger partial charge on any atom is 0.0730 e. The second-order valence-corrected chi connectivity index (χ2v) is 6.81. The molecule has 0 bridgehead atoms. The van der Waals surface area contributed by atoms with Crippen LogP contribution in [-0.4, -0.2) is 36.7 Å². The van der Waals surface area contributed by atoms with Gasteiger partial charge in [-0.2, -0.15) is 0 Å². The summed E-state index contributed by atoms with van der Waals surface area (Å²) >= 11 is 3.51. The molecule has 2 aliphatic rings. The monoisotopic (exact) mass is 338 g/mol. The van der Waals surface area contributed by atoms with E-state index >= 15 is 0 Å². The van der Waals surface area contributed by atoms with Crippen molar-refractivity contribution in [1.82, 2.24) is 4.90 Å². The van der Waals surface area contributed by atoms with E-state index in [4.69, 9.17) is 10.5 Å². The molecule has 0 spiro atoms. The maximum atomic E-state index is 6.34. The van der Waals surface area contributed by atoms with Gasteiger partial charge in [0.25, 0.3) is 0 Å². The number of hydrogen-bond donors (Lipinski definition) is 1. The van der Waals surface area contributed by atoms with Crippen LogP contribution < -0.4 is 5.73 Å². The molecule has 1 heterocycles. The van der Waals surface area contributed by atoms with Crippen molar-refractivity contribution in [2.45, 2.75) is 43.9 Å². The summed E-state index contributed by atoms with van der Waals surface area (Å²) in [6.45, 7) is 3.03. The van der Waals surface area contributed by atoms with Gasteiger partial charge in [0.05, 0.1) is 12.7 Å². The van der Waals surface area contributed by atoms with Crippen molar-refractivity contribution in [3.05, 3.63) is 34.3 Å². The zero-order valence-corrected chi connectivity index (χ0v) is 13.4. The van der Waals surface area contributed by atoms with Gasteiger partial charge in [0.2, 0.25) is 0 Å². The highest BCUT2D eigenvalue weighted by Crippen LogP contribution is 2.30. The Morgan fingerprint density at radius 1 is 1.40 bits per heavy atom. The van der Waals surface area contributed by atoms with Crippen molar-refractivity contribution < 1.29 is 4.74 Å². The van der Waals surface area contributed by atoms with E-state index in [1.165, 1.54) is 24.8 Å². The molecule has 0 radical (unpaired) electrons. The number of fused-ring (bicyclic) bond motifs is 1. The van der Waals surface area contributed by atoms with Crippen LogP contribution in [0.5, 0.6) is 0 Å². The van der Waals surface area contributed by atoms with Gasteiger partial charge < -0.3 is 10.5 Å². The first-order valence-electron chi connectivity index (χ1n) is 7.61. The standard InChI is InChI=1S/C16H23BrN2O/c17-13-4-1-3-12(11-13)14(18)7-8-19-9-10-20-16-6-2-5-15(16)19/h1,3-4,11,14-16H,2,5-10,18H2. The minimum Gasteiger partial charge on any atom is -0.375 e. The molecule has 3 rings (SSSR count). The van der Waals surface area contributed by atoms with Crippen LogP contribution in [0.2, 0.25) is 0 Å². The van der Waals surface area contributed by atoms with Crippen molar-refractivity contribution in [2.24, 2.45) is 5.73 Å². The van der Waals surface area contributed by atoms with E-state index in [1.54, 1.807) is 0 Å². The van der Waals surface area contributed by atoms with Crippen molar-refractivity contribution in [3.8, 4) is 0 Å². The molecule has 1 aromatic rings. The quantitative estimate of drug-likeness (QED) is 0.916. The SMILES string of the molecule is NC(CCN1CCOC2CCCC21)c1cccc(Br)c1. The zero-order chi connectivity index (χ0) is 13.9. The number of halogens is 1. The number of rotatable bonds is 4. The lowest BCUT2D eigenvalue weighted by Gasteiger charge is -2.38. The summed E-state index contributed by atoms with van der Waals surface area (Å²) in [5.74, 6) is 0. The van der Waals surface area contributed by atoms with Crippen molar-refractivity contribution in [2.75, 3.05) is 19.7 Å². The van der Waals surface area contributed by atoms with Crippen LogP contribution in [0.3, 0.4) is 0 Å². The molecule has 1 saturated heterocycles. The van der Waals surface area contributed by atoms with E-state index < -0.39 is 0 Å². The fourth-order valence-corrected chi connectivity index (χ4v) is 3.91. The number of nitrogens with two attached hydrogens (primary N) is 1. The Bertz CT molecular complexity index is 454. The Morgan fingerprint density at radius 3 is 3.15 bits per heavy atom. The largest absolute Gasteiger partial charge is 0.375 e. The van der Waals surface area contributed by atoms with Gasteiger partial charge in [0, 0.05) is 29.6 Å². The number of ether oxygens (including phenoxy) is 1. The molecule has 2 fully saturated rings. The summed E-state index contributed by atoms with van der Waals surface area (Å²) in [5, 5.41) is 0. The molecule has 3 nitrogen and oxygen atoms in total. The fraction of sp³-hybridized carbons (Fsp3) is 0.625. The Morgan fingerprint density at radius 2 is 2.30 bits per heavy atom. The summed E-state index contributed by atoms with van der Waals surface area (Å²) in [5.41, 5.74) is 7.56. The third-order valence-corrected chi connectivity index (χ3v) is 5.09. The summed E-state index contributed by atoms with van der Waals surface area (Å²) in [6.07, 6.45) is 5.32. The van der Waals surface area contributed by atoms with Crippen molar-refractivity contribution >= 4 is 15.9 Å². The van der Waals surface area contributed by atoms with Crippen molar-refractivity contribution in [3.63, 3.8) is 0 Å². The molecule has 0 aromatic heterocycles. The van der Waals surface area contributed by atoms with Crippen LogP contribution in [-0.2, 0) is 4.74 Å². The molecule has 1 saturated carbocycles. The van der Waals surface area contributed by atoms with E-state index in [1.807, 2.05) is 6.07 Å². The number of nitrogens with zero attached hydrogens (tertiary/aromatic N) is 1. The number of benzene rings is 1. The van der Waals surface area contributed by atoms with Gasteiger partial charge in [-0.25, -0.2) is 0 Å². The average molecular weight is 339 g/mol.